The molecule has 0 saturated carbocycles. The highest BCUT2D eigenvalue weighted by atomic mass is 14.3. The van der Waals surface area contributed by atoms with Crippen LogP contribution < -0.4 is 0 Å². The second-order valence-corrected chi connectivity index (χ2v) is 7.92. The summed E-state index contributed by atoms with van der Waals surface area (Å²) in [7, 11) is 0. The fraction of sp³-hybridized carbons (Fsp3) is 1.00. The summed E-state index contributed by atoms with van der Waals surface area (Å²) in [4.78, 5) is 0. The van der Waals surface area contributed by atoms with E-state index in [1.165, 1.54) is 25.7 Å². The first kappa shape index (κ1) is 24.0. The van der Waals surface area contributed by atoms with Gasteiger partial charge in [0.05, 0.1) is 0 Å². The standard InChI is InChI=1S/C15H32.2C2H6/c1-9-14(5,6)10-11-15(7,8)12-13(2,3)4;2*1-2/h9-12H2,1-8H3;2*1-2H3. The van der Waals surface area contributed by atoms with Gasteiger partial charge in [0.1, 0.15) is 0 Å². The zero-order valence-electron chi connectivity index (χ0n) is 16.3. The maximum atomic E-state index is 2.42. The minimum absolute atomic E-state index is 0.458. The summed E-state index contributed by atoms with van der Waals surface area (Å²) in [6.45, 7) is 27.0. The Hall–Kier alpha value is 0. The van der Waals surface area contributed by atoms with Crippen LogP contribution in [0.3, 0.4) is 0 Å². The normalized spacial score (nSPS) is 12.0. The summed E-state index contributed by atoms with van der Waals surface area (Å²) in [5, 5.41) is 0. The van der Waals surface area contributed by atoms with Gasteiger partial charge in [0.2, 0.25) is 0 Å². The lowest BCUT2D eigenvalue weighted by Crippen LogP contribution is -2.23. The summed E-state index contributed by atoms with van der Waals surface area (Å²) in [5.41, 5.74) is 1.47. The third-order valence-corrected chi connectivity index (χ3v) is 3.44. The van der Waals surface area contributed by atoms with Crippen molar-refractivity contribution in [3.8, 4) is 0 Å². The predicted molar refractivity (Wildman–Crippen MR) is 93.9 cm³/mol. The molecule has 0 nitrogen and oxygen atoms in total. The van der Waals surface area contributed by atoms with Gasteiger partial charge in [0.15, 0.2) is 0 Å². The summed E-state index contributed by atoms with van der Waals surface area (Å²) in [5.74, 6) is 0. The van der Waals surface area contributed by atoms with E-state index in [1.807, 2.05) is 27.7 Å². The van der Waals surface area contributed by atoms with Crippen molar-refractivity contribution in [3.05, 3.63) is 0 Å². The zero-order chi connectivity index (χ0) is 16.3. The molecule has 0 aliphatic heterocycles. The van der Waals surface area contributed by atoms with Crippen LogP contribution >= 0.6 is 0 Å². The topological polar surface area (TPSA) is 0 Å². The smallest absolute Gasteiger partial charge is 0.0349 e. The quantitative estimate of drug-likeness (QED) is 0.480. The van der Waals surface area contributed by atoms with Gasteiger partial charge < -0.3 is 0 Å². The van der Waals surface area contributed by atoms with Gasteiger partial charge in [0.25, 0.3) is 0 Å². The molecular formula is C19H44. The highest BCUT2D eigenvalue weighted by Gasteiger charge is 2.27. The van der Waals surface area contributed by atoms with E-state index in [-0.39, 0.29) is 0 Å². The molecular weight excluding hydrogens is 228 g/mol. The number of hydrogen-bond donors (Lipinski definition) is 0. The minimum atomic E-state index is 0.458. The van der Waals surface area contributed by atoms with Gasteiger partial charge in [-0.1, -0.05) is 89.5 Å². The van der Waals surface area contributed by atoms with E-state index in [0.717, 1.165) is 0 Å². The molecule has 0 heterocycles. The van der Waals surface area contributed by atoms with Crippen molar-refractivity contribution in [2.45, 2.75) is 109 Å². The molecule has 120 valence electrons. The van der Waals surface area contributed by atoms with E-state index in [1.54, 1.807) is 0 Å². The van der Waals surface area contributed by atoms with Crippen molar-refractivity contribution in [3.63, 3.8) is 0 Å². The molecule has 0 spiro atoms. The molecule has 0 N–H and O–H groups in total. The van der Waals surface area contributed by atoms with Crippen LogP contribution in [0.4, 0.5) is 0 Å². The maximum absolute atomic E-state index is 2.42. The van der Waals surface area contributed by atoms with Crippen molar-refractivity contribution in [2.24, 2.45) is 16.2 Å². The third kappa shape index (κ3) is 18.0. The van der Waals surface area contributed by atoms with E-state index in [4.69, 9.17) is 0 Å². The molecule has 0 aromatic heterocycles. The van der Waals surface area contributed by atoms with Crippen LogP contribution in [0.15, 0.2) is 0 Å². The molecule has 0 aliphatic rings. The summed E-state index contributed by atoms with van der Waals surface area (Å²) >= 11 is 0. The molecule has 0 unspecified atom stereocenters. The van der Waals surface area contributed by atoms with Crippen molar-refractivity contribution >= 4 is 0 Å². The molecule has 0 saturated heterocycles. The molecule has 0 bridgehead atoms. The molecule has 0 aromatic rings. The van der Waals surface area contributed by atoms with Crippen molar-refractivity contribution in [1.29, 1.82) is 0 Å². The van der Waals surface area contributed by atoms with E-state index >= 15 is 0 Å². The molecule has 0 radical (unpaired) electrons. The predicted octanol–water partition coefficient (Wildman–Crippen LogP) is 7.72. The minimum Gasteiger partial charge on any atom is -0.0683 e. The van der Waals surface area contributed by atoms with Crippen LogP contribution in [-0.4, -0.2) is 0 Å². The third-order valence-electron chi connectivity index (χ3n) is 3.44. The Bertz CT molecular complexity index is 179. The van der Waals surface area contributed by atoms with E-state index < -0.39 is 0 Å². The van der Waals surface area contributed by atoms with Gasteiger partial charge in [-0.15, -0.1) is 0 Å². The Morgan fingerprint density at radius 1 is 0.579 bits per heavy atom. The summed E-state index contributed by atoms with van der Waals surface area (Å²) in [6.07, 6.45) is 5.32. The second-order valence-electron chi connectivity index (χ2n) is 7.92. The number of hydrogen-bond acceptors (Lipinski definition) is 0. The van der Waals surface area contributed by atoms with Crippen molar-refractivity contribution < 1.29 is 0 Å². The van der Waals surface area contributed by atoms with Gasteiger partial charge in [-0.2, -0.15) is 0 Å². The van der Waals surface area contributed by atoms with Crippen LogP contribution in [-0.2, 0) is 0 Å². The lowest BCUT2D eigenvalue weighted by Gasteiger charge is -2.35. The van der Waals surface area contributed by atoms with Gasteiger partial charge in [-0.05, 0) is 35.5 Å². The molecule has 0 fully saturated rings. The van der Waals surface area contributed by atoms with Crippen molar-refractivity contribution in [1.82, 2.24) is 0 Å². The highest BCUT2D eigenvalue weighted by molar-refractivity contribution is 4.79. The average Bonchev–Trinajstić information content (AvgIpc) is 2.29. The van der Waals surface area contributed by atoms with Crippen LogP contribution in [0.25, 0.3) is 0 Å². The first-order valence-corrected chi connectivity index (χ1v) is 8.47. The number of rotatable bonds is 5. The molecule has 0 atom stereocenters. The maximum Gasteiger partial charge on any atom is -0.0349 e. The first-order valence-electron chi connectivity index (χ1n) is 8.47. The van der Waals surface area contributed by atoms with E-state index in [9.17, 15) is 0 Å². The Morgan fingerprint density at radius 3 is 1.16 bits per heavy atom. The Kier molecular flexibility index (Phi) is 13.6. The van der Waals surface area contributed by atoms with Gasteiger partial charge in [-0.25, -0.2) is 0 Å². The Morgan fingerprint density at radius 2 is 0.895 bits per heavy atom. The van der Waals surface area contributed by atoms with E-state index in [2.05, 4.69) is 55.4 Å². The van der Waals surface area contributed by atoms with Crippen molar-refractivity contribution in [2.75, 3.05) is 0 Å². The van der Waals surface area contributed by atoms with Crippen LogP contribution in [0, 0.1) is 16.2 Å². The summed E-state index contributed by atoms with van der Waals surface area (Å²) < 4.78 is 0. The van der Waals surface area contributed by atoms with Crippen LogP contribution in [0.1, 0.15) is 109 Å². The lowest BCUT2D eigenvalue weighted by molar-refractivity contribution is 0.165. The fourth-order valence-electron chi connectivity index (χ4n) is 2.38. The largest absolute Gasteiger partial charge is 0.0683 e. The molecule has 0 amide bonds. The molecule has 0 heteroatoms. The molecule has 0 aromatic carbocycles. The molecule has 19 heavy (non-hydrogen) atoms. The first-order chi connectivity index (χ1) is 8.47. The molecule has 0 rings (SSSR count). The van der Waals surface area contributed by atoms with Gasteiger partial charge in [-0.3, -0.25) is 0 Å². The van der Waals surface area contributed by atoms with Crippen LogP contribution in [0.2, 0.25) is 0 Å². The van der Waals surface area contributed by atoms with E-state index in [0.29, 0.717) is 16.2 Å². The fourth-order valence-corrected chi connectivity index (χ4v) is 2.38. The highest BCUT2D eigenvalue weighted by Crippen LogP contribution is 2.40. The SMILES string of the molecule is CC.CC.CCC(C)(C)CCC(C)(C)CC(C)(C)C. The Balaban J connectivity index is -0.000000579. The average molecular weight is 273 g/mol. The lowest BCUT2D eigenvalue weighted by atomic mass is 9.71. The Labute approximate surface area is 125 Å². The molecule has 0 aliphatic carbocycles. The summed E-state index contributed by atoms with van der Waals surface area (Å²) in [6, 6.07) is 0. The monoisotopic (exact) mass is 272 g/mol. The van der Waals surface area contributed by atoms with Crippen LogP contribution in [0.5, 0.6) is 0 Å². The second kappa shape index (κ2) is 10.7. The zero-order valence-corrected chi connectivity index (χ0v) is 16.3. The van der Waals surface area contributed by atoms with Gasteiger partial charge in [0, 0.05) is 0 Å². The van der Waals surface area contributed by atoms with Gasteiger partial charge >= 0.3 is 0 Å².